The molecule has 0 atom stereocenters. The van der Waals surface area contributed by atoms with Gasteiger partial charge < -0.3 is 9.47 Å². The molecule has 3 aromatic rings. The van der Waals surface area contributed by atoms with E-state index in [0.29, 0.717) is 12.3 Å². The summed E-state index contributed by atoms with van der Waals surface area (Å²) in [5.74, 6) is 0.841. The topological polar surface area (TPSA) is 95.3 Å². The summed E-state index contributed by atoms with van der Waals surface area (Å²) >= 11 is 0. The molecular weight excluding hydrogens is 356 g/mol. The third-order valence-electron chi connectivity index (χ3n) is 3.63. The van der Waals surface area contributed by atoms with E-state index in [2.05, 4.69) is 14.8 Å². The molecule has 0 fully saturated rings. The van der Waals surface area contributed by atoms with E-state index in [4.69, 9.17) is 9.47 Å². The van der Waals surface area contributed by atoms with Gasteiger partial charge in [-0.2, -0.15) is 5.10 Å². The zero-order valence-corrected chi connectivity index (χ0v) is 15.1. The number of methoxy groups -OCH3 is 2. The van der Waals surface area contributed by atoms with Crippen LogP contribution < -0.4 is 14.2 Å². The summed E-state index contributed by atoms with van der Waals surface area (Å²) in [4.78, 5) is 3.94. The van der Waals surface area contributed by atoms with Crippen LogP contribution in [0.25, 0.3) is 0 Å². The normalized spacial score (nSPS) is 11.2. The average Bonchev–Trinajstić information content (AvgIpc) is 3.08. The van der Waals surface area contributed by atoms with E-state index < -0.39 is 10.0 Å². The molecule has 0 aliphatic heterocycles. The highest BCUT2D eigenvalue weighted by atomic mass is 32.2. The lowest BCUT2D eigenvalue weighted by Crippen LogP contribution is -2.15. The Morgan fingerprint density at radius 3 is 2.54 bits per heavy atom. The molecule has 8 nitrogen and oxygen atoms in total. The largest absolute Gasteiger partial charge is 0.497 e. The Balaban J connectivity index is 1.82. The van der Waals surface area contributed by atoms with Crippen molar-refractivity contribution >= 4 is 15.8 Å². The van der Waals surface area contributed by atoms with Crippen molar-refractivity contribution in [2.45, 2.75) is 11.4 Å². The second-order valence-electron chi connectivity index (χ2n) is 5.38. The van der Waals surface area contributed by atoms with Crippen molar-refractivity contribution in [3.8, 4) is 11.5 Å². The molecule has 0 aliphatic carbocycles. The lowest BCUT2D eigenvalue weighted by molar-refractivity contribution is 0.392. The predicted molar refractivity (Wildman–Crippen MR) is 95.9 cm³/mol. The number of pyridine rings is 1. The van der Waals surface area contributed by atoms with E-state index in [-0.39, 0.29) is 16.5 Å². The number of benzene rings is 1. The van der Waals surface area contributed by atoms with Crippen molar-refractivity contribution in [2.75, 3.05) is 18.9 Å². The van der Waals surface area contributed by atoms with Gasteiger partial charge in [0.25, 0.3) is 10.0 Å². The van der Waals surface area contributed by atoms with Crippen LogP contribution in [0.15, 0.2) is 59.9 Å². The van der Waals surface area contributed by atoms with Crippen molar-refractivity contribution < 1.29 is 17.9 Å². The maximum Gasteiger partial charge on any atom is 0.266 e. The lowest BCUT2D eigenvalue weighted by atomic mass is 10.3. The fraction of sp³-hybridized carbons (Fsp3) is 0.176. The quantitative estimate of drug-likeness (QED) is 0.681. The Hall–Kier alpha value is -3.07. The van der Waals surface area contributed by atoms with Crippen LogP contribution >= 0.6 is 0 Å². The van der Waals surface area contributed by atoms with E-state index in [1.54, 1.807) is 35.4 Å². The van der Waals surface area contributed by atoms with E-state index in [9.17, 15) is 8.42 Å². The molecule has 1 N–H and O–H groups in total. The third kappa shape index (κ3) is 3.94. The van der Waals surface area contributed by atoms with Gasteiger partial charge in [-0.15, -0.1) is 0 Å². The molecule has 3 rings (SSSR count). The standard InChI is InChI=1S/C17H18N4O4S/c1-24-14-3-4-15(25-2)16(11-14)26(22,23)20-17-7-10-21(19-17)12-13-5-8-18-9-6-13/h3-11H,12H2,1-2H3,(H,19,20). The van der Waals surface area contributed by atoms with Gasteiger partial charge in [-0.1, -0.05) is 0 Å². The highest BCUT2D eigenvalue weighted by Gasteiger charge is 2.21. The number of nitrogens with zero attached hydrogens (tertiary/aromatic N) is 3. The molecule has 0 bridgehead atoms. The Morgan fingerprint density at radius 2 is 1.85 bits per heavy atom. The molecule has 0 saturated heterocycles. The van der Waals surface area contributed by atoms with Crippen molar-refractivity contribution in [3.05, 3.63) is 60.6 Å². The Bertz CT molecular complexity index is 987. The maximum absolute atomic E-state index is 12.7. The van der Waals surface area contributed by atoms with E-state index in [1.807, 2.05) is 12.1 Å². The van der Waals surface area contributed by atoms with E-state index in [1.165, 1.54) is 26.4 Å². The van der Waals surface area contributed by atoms with Crippen LogP contribution in [0.5, 0.6) is 11.5 Å². The number of sulfonamides is 1. The highest BCUT2D eigenvalue weighted by molar-refractivity contribution is 7.92. The molecule has 0 aliphatic rings. The molecule has 1 aromatic carbocycles. The fourth-order valence-corrected chi connectivity index (χ4v) is 3.55. The van der Waals surface area contributed by atoms with Crippen LogP contribution in [0.1, 0.15) is 5.56 Å². The van der Waals surface area contributed by atoms with E-state index in [0.717, 1.165) is 5.56 Å². The van der Waals surface area contributed by atoms with Gasteiger partial charge in [-0.3, -0.25) is 14.4 Å². The molecular formula is C17H18N4O4S. The number of hydrogen-bond donors (Lipinski definition) is 1. The van der Waals surface area contributed by atoms with Gasteiger partial charge in [0.1, 0.15) is 16.4 Å². The second kappa shape index (κ2) is 7.44. The molecule has 2 aromatic heterocycles. The highest BCUT2D eigenvalue weighted by Crippen LogP contribution is 2.29. The van der Waals surface area contributed by atoms with Crippen LogP contribution in [0.4, 0.5) is 5.82 Å². The minimum atomic E-state index is -3.89. The molecule has 26 heavy (non-hydrogen) atoms. The first-order valence-electron chi connectivity index (χ1n) is 7.69. The van der Waals surface area contributed by atoms with Crippen molar-refractivity contribution in [1.82, 2.24) is 14.8 Å². The number of anilines is 1. The number of rotatable bonds is 7. The van der Waals surface area contributed by atoms with Gasteiger partial charge in [0.2, 0.25) is 0 Å². The molecule has 2 heterocycles. The van der Waals surface area contributed by atoms with Gasteiger partial charge in [-0.05, 0) is 29.8 Å². The maximum atomic E-state index is 12.7. The van der Waals surface area contributed by atoms with Gasteiger partial charge in [-0.25, -0.2) is 8.42 Å². The minimum Gasteiger partial charge on any atom is -0.497 e. The zero-order chi connectivity index (χ0) is 18.6. The van der Waals surface area contributed by atoms with Gasteiger partial charge in [0.15, 0.2) is 5.82 Å². The second-order valence-corrected chi connectivity index (χ2v) is 7.03. The Kier molecular flexibility index (Phi) is 5.08. The Labute approximate surface area is 151 Å². The molecule has 0 spiro atoms. The third-order valence-corrected chi connectivity index (χ3v) is 5.01. The van der Waals surface area contributed by atoms with Crippen molar-refractivity contribution in [1.29, 1.82) is 0 Å². The average molecular weight is 374 g/mol. The summed E-state index contributed by atoms with van der Waals surface area (Å²) in [7, 11) is -1.02. The summed E-state index contributed by atoms with van der Waals surface area (Å²) in [5.41, 5.74) is 1.01. The van der Waals surface area contributed by atoms with Crippen LogP contribution in [0, 0.1) is 0 Å². The lowest BCUT2D eigenvalue weighted by Gasteiger charge is -2.11. The first kappa shape index (κ1) is 17.7. The smallest absolute Gasteiger partial charge is 0.266 e. The molecule has 136 valence electrons. The first-order valence-corrected chi connectivity index (χ1v) is 9.17. The zero-order valence-electron chi connectivity index (χ0n) is 14.3. The van der Waals surface area contributed by atoms with Gasteiger partial charge in [0, 0.05) is 30.7 Å². The Morgan fingerprint density at radius 1 is 1.08 bits per heavy atom. The molecule has 0 saturated carbocycles. The van der Waals surface area contributed by atoms with Crippen LogP contribution in [0.3, 0.4) is 0 Å². The summed E-state index contributed by atoms with van der Waals surface area (Å²) < 4.78 is 39.8. The van der Waals surface area contributed by atoms with E-state index >= 15 is 0 Å². The van der Waals surface area contributed by atoms with Crippen molar-refractivity contribution in [3.63, 3.8) is 0 Å². The van der Waals surface area contributed by atoms with Gasteiger partial charge >= 0.3 is 0 Å². The first-order chi connectivity index (χ1) is 12.5. The SMILES string of the molecule is COc1ccc(OC)c(S(=O)(=O)Nc2ccn(Cc3ccncc3)n2)c1. The number of nitrogens with one attached hydrogen (secondary N) is 1. The molecule has 0 amide bonds. The minimum absolute atomic E-state index is 0.0250. The number of aromatic nitrogens is 3. The monoisotopic (exact) mass is 374 g/mol. The number of ether oxygens (including phenoxy) is 2. The predicted octanol–water partition coefficient (Wildman–Crippen LogP) is 2.14. The summed E-state index contributed by atoms with van der Waals surface area (Å²) in [6.45, 7) is 0.507. The van der Waals surface area contributed by atoms with Crippen molar-refractivity contribution in [2.24, 2.45) is 0 Å². The summed E-state index contributed by atoms with van der Waals surface area (Å²) in [6.07, 6.45) is 5.08. The van der Waals surface area contributed by atoms with Crippen LogP contribution in [-0.2, 0) is 16.6 Å². The van der Waals surface area contributed by atoms with Crippen LogP contribution in [0.2, 0.25) is 0 Å². The fourth-order valence-electron chi connectivity index (χ4n) is 2.37. The van der Waals surface area contributed by atoms with Crippen LogP contribution in [-0.4, -0.2) is 37.4 Å². The molecule has 0 unspecified atom stereocenters. The molecule has 0 radical (unpaired) electrons. The number of hydrogen-bond acceptors (Lipinski definition) is 6. The summed E-state index contributed by atoms with van der Waals surface area (Å²) in [6, 6.07) is 9.89. The molecule has 9 heteroatoms. The van der Waals surface area contributed by atoms with Gasteiger partial charge in [0.05, 0.1) is 20.8 Å². The summed E-state index contributed by atoms with van der Waals surface area (Å²) in [5, 5.41) is 4.25.